The van der Waals surface area contributed by atoms with Gasteiger partial charge in [-0.2, -0.15) is 5.26 Å². The number of benzene rings is 2. The van der Waals surface area contributed by atoms with Gasteiger partial charge in [0, 0.05) is 11.9 Å². The van der Waals surface area contributed by atoms with Crippen molar-refractivity contribution in [2.75, 3.05) is 26.0 Å². The molecule has 3 aromatic rings. The van der Waals surface area contributed by atoms with Crippen LogP contribution in [0.3, 0.4) is 0 Å². The molecule has 1 aromatic heterocycles. The van der Waals surface area contributed by atoms with Crippen LogP contribution >= 0.6 is 0 Å². The van der Waals surface area contributed by atoms with E-state index in [1.54, 1.807) is 24.3 Å². The Balaban J connectivity index is 1.67. The molecule has 0 radical (unpaired) electrons. The molecule has 1 atom stereocenters. The number of anilines is 1. The minimum Gasteiger partial charge on any atom is -0.459 e. The van der Waals surface area contributed by atoms with Gasteiger partial charge < -0.3 is 15.1 Å². The third kappa shape index (κ3) is 4.19. The number of hydrogen-bond acceptors (Lipinski definition) is 5. The van der Waals surface area contributed by atoms with Crippen LogP contribution < -0.4 is 10.6 Å². The SMILES string of the molecule is CN(C)C(CNC(=O)C(=O)Nc1ccccc1C#N)c1cc2ccccc2o1. The molecular formula is C21H20N4O3. The summed E-state index contributed by atoms with van der Waals surface area (Å²) in [5.41, 5.74) is 1.35. The summed E-state index contributed by atoms with van der Waals surface area (Å²) in [5.74, 6) is -0.915. The average molecular weight is 376 g/mol. The van der Waals surface area contributed by atoms with E-state index in [1.807, 2.05) is 55.4 Å². The first-order chi connectivity index (χ1) is 13.5. The minimum absolute atomic E-state index is 0.193. The lowest BCUT2D eigenvalue weighted by molar-refractivity contribution is -0.136. The van der Waals surface area contributed by atoms with Gasteiger partial charge in [0.25, 0.3) is 0 Å². The molecule has 0 saturated heterocycles. The van der Waals surface area contributed by atoms with Crippen molar-refractivity contribution in [1.29, 1.82) is 5.26 Å². The van der Waals surface area contributed by atoms with Crippen molar-refractivity contribution in [1.82, 2.24) is 10.2 Å². The first-order valence-corrected chi connectivity index (χ1v) is 8.73. The minimum atomic E-state index is -0.829. The van der Waals surface area contributed by atoms with Crippen LogP contribution in [-0.2, 0) is 9.59 Å². The van der Waals surface area contributed by atoms with Gasteiger partial charge in [0.1, 0.15) is 17.4 Å². The molecule has 0 bridgehead atoms. The van der Waals surface area contributed by atoms with Crippen LogP contribution in [0.2, 0.25) is 0 Å². The number of nitrogens with one attached hydrogen (secondary N) is 2. The lowest BCUT2D eigenvalue weighted by atomic mass is 10.1. The van der Waals surface area contributed by atoms with Gasteiger partial charge in [-0.1, -0.05) is 30.3 Å². The summed E-state index contributed by atoms with van der Waals surface area (Å²) in [5, 5.41) is 15.1. The van der Waals surface area contributed by atoms with Gasteiger partial charge >= 0.3 is 11.8 Å². The number of hydrogen-bond donors (Lipinski definition) is 2. The molecule has 1 heterocycles. The average Bonchev–Trinajstić information content (AvgIpc) is 3.11. The standard InChI is InChI=1S/C21H20N4O3/c1-25(2)17(19-11-14-7-4-6-10-18(14)28-19)13-23-20(26)21(27)24-16-9-5-3-8-15(16)12-22/h3-11,17H,13H2,1-2H3,(H,23,26)(H,24,27). The quantitative estimate of drug-likeness (QED) is 0.667. The number of carbonyl (C=O) groups is 2. The van der Waals surface area contributed by atoms with Crippen LogP contribution in [0.5, 0.6) is 0 Å². The van der Waals surface area contributed by atoms with Crippen molar-refractivity contribution in [2.45, 2.75) is 6.04 Å². The first-order valence-electron chi connectivity index (χ1n) is 8.73. The number of rotatable bonds is 5. The number of carbonyl (C=O) groups excluding carboxylic acids is 2. The van der Waals surface area contributed by atoms with E-state index in [0.717, 1.165) is 11.0 Å². The molecule has 3 rings (SSSR count). The van der Waals surface area contributed by atoms with Crippen molar-refractivity contribution in [3.05, 3.63) is 65.9 Å². The topological polar surface area (TPSA) is 98.4 Å². The smallest absolute Gasteiger partial charge is 0.313 e. The third-order valence-corrected chi connectivity index (χ3v) is 4.35. The molecule has 1 unspecified atom stereocenters. The Morgan fingerprint density at radius 1 is 1.11 bits per heavy atom. The fourth-order valence-corrected chi connectivity index (χ4v) is 2.84. The molecule has 0 fully saturated rings. The van der Waals surface area contributed by atoms with Crippen LogP contribution in [0.1, 0.15) is 17.4 Å². The molecule has 2 amide bonds. The largest absolute Gasteiger partial charge is 0.459 e. The predicted octanol–water partition coefficient (Wildman–Crippen LogP) is 2.66. The number of amides is 2. The molecule has 7 nitrogen and oxygen atoms in total. The Hall–Kier alpha value is -3.63. The molecule has 0 spiro atoms. The van der Waals surface area contributed by atoms with E-state index in [1.165, 1.54) is 0 Å². The van der Waals surface area contributed by atoms with Gasteiger partial charge in [-0.25, -0.2) is 0 Å². The maximum absolute atomic E-state index is 12.2. The summed E-state index contributed by atoms with van der Waals surface area (Å²) in [7, 11) is 3.74. The Bertz CT molecular complexity index is 1020. The zero-order chi connectivity index (χ0) is 20.1. The summed E-state index contributed by atoms with van der Waals surface area (Å²) in [6, 6.07) is 17.8. The first kappa shape index (κ1) is 19.1. The van der Waals surface area contributed by atoms with E-state index < -0.39 is 11.8 Å². The fraction of sp³-hybridized carbons (Fsp3) is 0.190. The van der Waals surface area contributed by atoms with Crippen molar-refractivity contribution in [2.24, 2.45) is 0 Å². The summed E-state index contributed by atoms with van der Waals surface area (Å²) >= 11 is 0. The Kier molecular flexibility index (Phi) is 5.72. The van der Waals surface area contributed by atoms with E-state index in [0.29, 0.717) is 11.4 Å². The zero-order valence-electron chi connectivity index (χ0n) is 15.6. The maximum Gasteiger partial charge on any atom is 0.313 e. The van der Waals surface area contributed by atoms with Crippen LogP contribution in [-0.4, -0.2) is 37.4 Å². The van der Waals surface area contributed by atoms with E-state index >= 15 is 0 Å². The Morgan fingerprint density at radius 3 is 2.54 bits per heavy atom. The maximum atomic E-state index is 12.2. The van der Waals surface area contributed by atoms with Gasteiger partial charge in [0.05, 0.1) is 17.3 Å². The van der Waals surface area contributed by atoms with E-state index in [4.69, 9.17) is 9.68 Å². The summed E-state index contributed by atoms with van der Waals surface area (Å²) in [6.07, 6.45) is 0. The van der Waals surface area contributed by atoms with Crippen LogP contribution in [0.25, 0.3) is 11.0 Å². The van der Waals surface area contributed by atoms with Crippen LogP contribution in [0.4, 0.5) is 5.69 Å². The number of para-hydroxylation sites is 2. The van der Waals surface area contributed by atoms with E-state index in [-0.39, 0.29) is 18.2 Å². The predicted molar refractivity (Wildman–Crippen MR) is 105 cm³/mol. The van der Waals surface area contributed by atoms with Crippen molar-refractivity contribution >= 4 is 28.5 Å². The highest BCUT2D eigenvalue weighted by atomic mass is 16.3. The highest BCUT2D eigenvalue weighted by molar-refractivity contribution is 6.39. The molecule has 0 aliphatic carbocycles. The second-order valence-electron chi connectivity index (χ2n) is 6.49. The number of nitriles is 1. The molecule has 0 aliphatic heterocycles. The van der Waals surface area contributed by atoms with Gasteiger partial charge in [0.15, 0.2) is 0 Å². The highest BCUT2D eigenvalue weighted by Crippen LogP contribution is 2.26. The molecule has 2 N–H and O–H groups in total. The second-order valence-corrected chi connectivity index (χ2v) is 6.49. The number of furan rings is 1. The Morgan fingerprint density at radius 2 is 1.82 bits per heavy atom. The van der Waals surface area contributed by atoms with Crippen LogP contribution in [0, 0.1) is 11.3 Å². The van der Waals surface area contributed by atoms with E-state index in [2.05, 4.69) is 10.6 Å². The lowest BCUT2D eigenvalue weighted by Crippen LogP contribution is -2.40. The number of nitrogens with zero attached hydrogens (tertiary/aromatic N) is 2. The lowest BCUT2D eigenvalue weighted by Gasteiger charge is -2.22. The third-order valence-electron chi connectivity index (χ3n) is 4.35. The summed E-state index contributed by atoms with van der Waals surface area (Å²) in [6.45, 7) is 0.193. The normalized spacial score (nSPS) is 11.8. The number of likely N-dealkylation sites (N-methyl/N-ethyl adjacent to an activating group) is 1. The number of fused-ring (bicyclic) bond motifs is 1. The molecular weight excluding hydrogens is 356 g/mol. The van der Waals surface area contributed by atoms with Crippen LogP contribution in [0.15, 0.2) is 59.0 Å². The molecule has 7 heteroatoms. The molecule has 2 aromatic carbocycles. The molecule has 28 heavy (non-hydrogen) atoms. The van der Waals surface area contributed by atoms with Gasteiger partial charge in [-0.05, 0) is 38.4 Å². The fourth-order valence-electron chi connectivity index (χ4n) is 2.84. The monoisotopic (exact) mass is 376 g/mol. The molecule has 142 valence electrons. The van der Waals surface area contributed by atoms with Gasteiger partial charge in [-0.15, -0.1) is 0 Å². The van der Waals surface area contributed by atoms with E-state index in [9.17, 15) is 9.59 Å². The van der Waals surface area contributed by atoms with Crippen molar-refractivity contribution in [3.8, 4) is 6.07 Å². The molecule has 0 aliphatic rings. The Labute approximate surface area is 162 Å². The zero-order valence-corrected chi connectivity index (χ0v) is 15.6. The van der Waals surface area contributed by atoms with Gasteiger partial charge in [-0.3, -0.25) is 14.5 Å². The summed E-state index contributed by atoms with van der Waals surface area (Å²) in [4.78, 5) is 26.3. The highest BCUT2D eigenvalue weighted by Gasteiger charge is 2.22. The van der Waals surface area contributed by atoms with Crippen molar-refractivity contribution in [3.63, 3.8) is 0 Å². The van der Waals surface area contributed by atoms with Gasteiger partial charge in [0.2, 0.25) is 0 Å². The van der Waals surface area contributed by atoms with Crippen molar-refractivity contribution < 1.29 is 14.0 Å². The second kappa shape index (κ2) is 8.37. The molecule has 0 saturated carbocycles. The summed E-state index contributed by atoms with van der Waals surface area (Å²) < 4.78 is 5.88.